The molecule has 0 atom stereocenters. The topological polar surface area (TPSA) is 18.5 Å². The molecular formula is C64H63N3. The summed E-state index contributed by atoms with van der Waals surface area (Å²) in [7, 11) is 0. The van der Waals surface area contributed by atoms with Crippen molar-refractivity contribution in [3.63, 3.8) is 0 Å². The summed E-state index contributed by atoms with van der Waals surface area (Å²) < 4.78 is 0. The quantitative estimate of drug-likeness (QED) is 0.116. The number of fused-ring (bicyclic) bond motifs is 1. The summed E-state index contributed by atoms with van der Waals surface area (Å²) in [4.78, 5) is 4.99. The summed E-state index contributed by atoms with van der Waals surface area (Å²) >= 11 is 0. The summed E-state index contributed by atoms with van der Waals surface area (Å²) in [6, 6.07) is 67.8. The summed E-state index contributed by atoms with van der Waals surface area (Å²) in [5.74, 6) is -0.0410. The lowest BCUT2D eigenvalue weighted by atomic mass is 9.82. The lowest BCUT2D eigenvalue weighted by molar-refractivity contribution is 0.947. The smallest absolute Gasteiger partial charge is 0.0481 e. The molecule has 0 radical (unpaired) electrons. The van der Waals surface area contributed by atoms with E-state index in [1.165, 1.54) is 117 Å². The molecule has 0 heterocycles. The molecule has 9 aromatic carbocycles. The molecule has 3 nitrogen and oxygen atoms in total. The molecule has 0 aliphatic rings. The van der Waals surface area contributed by atoms with E-state index in [0.717, 1.165) is 18.8 Å². The lowest BCUT2D eigenvalue weighted by Crippen LogP contribution is -2.19. The van der Waals surface area contributed by atoms with Crippen LogP contribution in [0.15, 0.2) is 182 Å². The standard InChI is InChI=1S/C64H63N3/c1-42-34-45(4)62(46(5)35-42)65-60-33-32-59(57-22-16-17-23-58(57)60)61(53-24-28-55(29-25-53)66(40-51-18-12-10-13-19-51)63-47(6)36-43(2)37-48(63)7)54-26-30-56(31-27-54)67(41-52-20-14-11-15-21-52)64-49(8)38-44(3)39-50(64)9/h10-39,61,65H,40-41H2,1-9H3. The minimum absolute atomic E-state index is 0.0410. The first-order chi connectivity index (χ1) is 32.4. The van der Waals surface area contributed by atoms with Crippen molar-refractivity contribution in [2.75, 3.05) is 15.1 Å². The van der Waals surface area contributed by atoms with Gasteiger partial charge in [-0.1, -0.05) is 168 Å². The first kappa shape index (κ1) is 44.8. The minimum Gasteiger partial charge on any atom is -0.355 e. The Kier molecular flexibility index (Phi) is 12.9. The Morgan fingerprint density at radius 2 is 0.746 bits per heavy atom. The van der Waals surface area contributed by atoms with Crippen LogP contribution >= 0.6 is 0 Å². The van der Waals surface area contributed by atoms with E-state index in [1.54, 1.807) is 0 Å². The predicted molar refractivity (Wildman–Crippen MR) is 288 cm³/mol. The summed E-state index contributed by atoms with van der Waals surface area (Å²) in [5.41, 5.74) is 24.9. The van der Waals surface area contributed by atoms with E-state index in [0.29, 0.717) is 0 Å². The third-order valence-electron chi connectivity index (χ3n) is 13.5. The first-order valence-corrected chi connectivity index (χ1v) is 23.8. The Hall–Kier alpha value is -7.36. The molecule has 0 aliphatic heterocycles. The number of benzene rings is 9. The van der Waals surface area contributed by atoms with E-state index in [1.807, 2.05) is 0 Å². The van der Waals surface area contributed by atoms with Gasteiger partial charge >= 0.3 is 0 Å². The highest BCUT2D eigenvalue weighted by atomic mass is 15.1. The molecule has 0 saturated carbocycles. The van der Waals surface area contributed by atoms with Gasteiger partial charge in [0, 0.05) is 58.5 Å². The second kappa shape index (κ2) is 19.2. The number of hydrogen-bond acceptors (Lipinski definition) is 3. The molecule has 0 bridgehead atoms. The fourth-order valence-corrected chi connectivity index (χ4v) is 10.8. The zero-order valence-electron chi connectivity index (χ0n) is 40.7. The Morgan fingerprint density at radius 1 is 0.373 bits per heavy atom. The van der Waals surface area contributed by atoms with Gasteiger partial charge in [0.2, 0.25) is 0 Å². The maximum Gasteiger partial charge on any atom is 0.0481 e. The van der Waals surface area contributed by atoms with E-state index >= 15 is 0 Å². The van der Waals surface area contributed by atoms with Crippen LogP contribution in [-0.2, 0) is 13.1 Å². The van der Waals surface area contributed by atoms with Gasteiger partial charge in [0.1, 0.15) is 0 Å². The van der Waals surface area contributed by atoms with Crippen LogP contribution in [0, 0.1) is 62.3 Å². The molecule has 1 N–H and O–H groups in total. The van der Waals surface area contributed by atoms with Crippen molar-refractivity contribution < 1.29 is 0 Å². The van der Waals surface area contributed by atoms with Gasteiger partial charge in [-0.2, -0.15) is 0 Å². The van der Waals surface area contributed by atoms with Gasteiger partial charge in [0.05, 0.1) is 0 Å². The van der Waals surface area contributed by atoms with Crippen LogP contribution in [0.2, 0.25) is 0 Å². The van der Waals surface area contributed by atoms with Crippen molar-refractivity contribution in [3.05, 3.63) is 260 Å². The van der Waals surface area contributed by atoms with Gasteiger partial charge in [0.25, 0.3) is 0 Å². The van der Waals surface area contributed by atoms with Crippen molar-refractivity contribution >= 4 is 44.9 Å². The minimum atomic E-state index is -0.0410. The molecule has 3 heteroatoms. The van der Waals surface area contributed by atoms with Crippen LogP contribution in [0.3, 0.4) is 0 Å². The Morgan fingerprint density at radius 3 is 1.16 bits per heavy atom. The predicted octanol–water partition coefficient (Wildman–Crippen LogP) is 17.2. The third-order valence-corrected chi connectivity index (χ3v) is 13.5. The number of hydrogen-bond donors (Lipinski definition) is 1. The third kappa shape index (κ3) is 9.51. The van der Waals surface area contributed by atoms with Crippen LogP contribution in [0.5, 0.6) is 0 Å². The monoisotopic (exact) mass is 874 g/mol. The molecule has 9 rings (SSSR count). The van der Waals surface area contributed by atoms with E-state index in [4.69, 9.17) is 0 Å². The molecule has 0 unspecified atom stereocenters. The number of rotatable bonds is 13. The summed E-state index contributed by atoms with van der Waals surface area (Å²) in [6.45, 7) is 21.5. The Labute approximate surface area is 399 Å². The van der Waals surface area contributed by atoms with Crippen molar-refractivity contribution in [1.82, 2.24) is 0 Å². The fraction of sp³-hybridized carbons (Fsp3) is 0.188. The van der Waals surface area contributed by atoms with Gasteiger partial charge in [-0.3, -0.25) is 0 Å². The first-order valence-electron chi connectivity index (χ1n) is 23.8. The van der Waals surface area contributed by atoms with E-state index < -0.39 is 0 Å². The molecule has 0 aliphatic carbocycles. The van der Waals surface area contributed by atoms with Crippen LogP contribution < -0.4 is 15.1 Å². The van der Waals surface area contributed by atoms with E-state index in [9.17, 15) is 0 Å². The van der Waals surface area contributed by atoms with E-state index in [-0.39, 0.29) is 5.92 Å². The maximum absolute atomic E-state index is 3.88. The van der Waals surface area contributed by atoms with Gasteiger partial charge < -0.3 is 15.1 Å². The van der Waals surface area contributed by atoms with Gasteiger partial charge in [-0.15, -0.1) is 0 Å². The van der Waals surface area contributed by atoms with Crippen molar-refractivity contribution in [3.8, 4) is 0 Å². The maximum atomic E-state index is 3.88. The van der Waals surface area contributed by atoms with Crippen molar-refractivity contribution in [1.29, 1.82) is 0 Å². The molecule has 67 heavy (non-hydrogen) atoms. The Bertz CT molecular complexity index is 2970. The molecule has 9 aromatic rings. The molecule has 0 aromatic heterocycles. The highest BCUT2D eigenvalue weighted by Gasteiger charge is 2.24. The number of aryl methyl sites for hydroxylation is 9. The fourth-order valence-electron chi connectivity index (χ4n) is 10.8. The molecule has 0 saturated heterocycles. The van der Waals surface area contributed by atoms with Gasteiger partial charge in [-0.05, 0) is 159 Å². The zero-order chi connectivity index (χ0) is 46.8. The summed E-state index contributed by atoms with van der Waals surface area (Å²) in [6.07, 6.45) is 0. The Balaban J connectivity index is 1.18. The SMILES string of the molecule is Cc1cc(C)c(Nc2ccc(C(c3ccc(N(Cc4ccccc4)c4c(C)cc(C)cc4C)cc3)c3ccc(N(Cc4ccccc4)c4c(C)cc(C)cc4C)cc3)c3ccccc23)c(C)c1. The molecular weight excluding hydrogens is 811 g/mol. The number of anilines is 6. The summed E-state index contributed by atoms with van der Waals surface area (Å²) in [5, 5.41) is 6.32. The van der Waals surface area contributed by atoms with Crippen LogP contribution in [0.4, 0.5) is 34.1 Å². The van der Waals surface area contributed by atoms with Crippen LogP contribution in [-0.4, -0.2) is 0 Å². The number of nitrogens with zero attached hydrogens (tertiary/aromatic N) is 2. The van der Waals surface area contributed by atoms with Crippen LogP contribution in [0.1, 0.15) is 83.8 Å². The highest BCUT2D eigenvalue weighted by molar-refractivity contribution is 5.98. The molecule has 0 fully saturated rings. The average molecular weight is 874 g/mol. The molecule has 0 spiro atoms. The molecule has 0 amide bonds. The van der Waals surface area contributed by atoms with Gasteiger partial charge in [0.15, 0.2) is 0 Å². The van der Waals surface area contributed by atoms with Crippen LogP contribution in [0.25, 0.3) is 10.8 Å². The molecule has 334 valence electrons. The van der Waals surface area contributed by atoms with Gasteiger partial charge in [-0.25, -0.2) is 0 Å². The number of nitrogens with one attached hydrogen (secondary N) is 1. The van der Waals surface area contributed by atoms with Crippen molar-refractivity contribution in [2.45, 2.75) is 81.3 Å². The van der Waals surface area contributed by atoms with E-state index in [2.05, 4.69) is 259 Å². The highest BCUT2D eigenvalue weighted by Crippen LogP contribution is 2.43. The average Bonchev–Trinajstić information content (AvgIpc) is 3.30. The van der Waals surface area contributed by atoms with Crippen molar-refractivity contribution in [2.24, 2.45) is 0 Å². The second-order valence-corrected chi connectivity index (χ2v) is 18.9. The zero-order valence-corrected chi connectivity index (χ0v) is 40.7. The second-order valence-electron chi connectivity index (χ2n) is 18.9. The lowest BCUT2D eigenvalue weighted by Gasteiger charge is -2.30. The largest absolute Gasteiger partial charge is 0.355 e. The normalized spacial score (nSPS) is 11.3.